The van der Waals surface area contributed by atoms with Crippen LogP contribution in [0.5, 0.6) is 0 Å². The first kappa shape index (κ1) is 15.8. The van der Waals surface area contributed by atoms with E-state index in [1.165, 1.54) is 22.5 Å². The standard InChI is InChI=1S/C13H13ClN2O4S/c1-8(13(17)18)10-6-16(7-10)21(19,20)12-4-9(5-15)2-3-11(12)14/h2-4,8,10H,6-7H2,1H3,(H,17,18). The Kier molecular flexibility index (Phi) is 4.23. The first-order valence-corrected chi connectivity index (χ1v) is 8.01. The summed E-state index contributed by atoms with van der Waals surface area (Å²) in [5.74, 6) is -1.76. The van der Waals surface area contributed by atoms with Crippen molar-refractivity contribution in [2.75, 3.05) is 13.1 Å². The Bertz CT molecular complexity index is 720. The van der Waals surface area contributed by atoms with Crippen LogP contribution < -0.4 is 0 Å². The third-order valence-corrected chi connectivity index (χ3v) is 5.96. The molecule has 1 unspecified atom stereocenters. The van der Waals surface area contributed by atoms with Gasteiger partial charge in [-0.3, -0.25) is 4.79 Å². The van der Waals surface area contributed by atoms with Gasteiger partial charge in [0.25, 0.3) is 0 Å². The molecule has 0 aromatic heterocycles. The highest BCUT2D eigenvalue weighted by Crippen LogP contribution is 2.33. The number of carboxylic acid groups (broad SMARTS) is 1. The fraction of sp³-hybridized carbons (Fsp3) is 0.385. The summed E-state index contributed by atoms with van der Waals surface area (Å²) in [5, 5.41) is 17.8. The fourth-order valence-corrected chi connectivity index (χ4v) is 4.15. The predicted molar refractivity (Wildman–Crippen MR) is 75.2 cm³/mol. The first-order valence-electron chi connectivity index (χ1n) is 6.20. The van der Waals surface area contributed by atoms with E-state index in [2.05, 4.69) is 0 Å². The first-order chi connectivity index (χ1) is 9.77. The molecule has 0 aliphatic carbocycles. The number of aliphatic carboxylic acids is 1. The molecule has 2 rings (SSSR count). The lowest BCUT2D eigenvalue weighted by atomic mass is 9.89. The van der Waals surface area contributed by atoms with Crippen LogP contribution in [-0.4, -0.2) is 36.9 Å². The van der Waals surface area contributed by atoms with Crippen LogP contribution in [0, 0.1) is 23.2 Å². The predicted octanol–water partition coefficient (Wildman–Crippen LogP) is 1.55. The average molecular weight is 329 g/mol. The molecule has 0 amide bonds. The van der Waals surface area contributed by atoms with Gasteiger partial charge in [0.1, 0.15) is 4.90 Å². The Hall–Kier alpha value is -1.62. The van der Waals surface area contributed by atoms with Crippen molar-refractivity contribution in [1.82, 2.24) is 4.31 Å². The SMILES string of the molecule is CC(C(=O)O)C1CN(S(=O)(=O)c2cc(C#N)ccc2Cl)C1. The number of benzene rings is 1. The minimum Gasteiger partial charge on any atom is -0.481 e. The normalized spacial score (nSPS) is 17.8. The van der Waals surface area contributed by atoms with Crippen LogP contribution in [-0.2, 0) is 14.8 Å². The van der Waals surface area contributed by atoms with Gasteiger partial charge in [-0.25, -0.2) is 8.42 Å². The highest BCUT2D eigenvalue weighted by molar-refractivity contribution is 7.89. The third-order valence-electron chi connectivity index (χ3n) is 3.65. The van der Waals surface area contributed by atoms with Crippen LogP contribution in [0.25, 0.3) is 0 Å². The number of nitriles is 1. The van der Waals surface area contributed by atoms with E-state index in [4.69, 9.17) is 22.0 Å². The number of carboxylic acids is 1. The molecule has 1 aromatic carbocycles. The van der Waals surface area contributed by atoms with Crippen LogP contribution in [0.4, 0.5) is 0 Å². The number of halogens is 1. The summed E-state index contributed by atoms with van der Waals surface area (Å²) >= 11 is 5.90. The summed E-state index contributed by atoms with van der Waals surface area (Å²) in [6.45, 7) is 1.84. The number of nitrogens with zero attached hydrogens (tertiary/aromatic N) is 2. The molecule has 1 fully saturated rings. The van der Waals surface area contributed by atoms with Crippen molar-refractivity contribution >= 4 is 27.6 Å². The summed E-state index contributed by atoms with van der Waals surface area (Å²) in [4.78, 5) is 10.8. The van der Waals surface area contributed by atoms with E-state index in [1.54, 1.807) is 6.92 Å². The molecule has 1 aromatic rings. The molecule has 0 radical (unpaired) electrons. The van der Waals surface area contributed by atoms with Gasteiger partial charge in [0.05, 0.1) is 22.6 Å². The van der Waals surface area contributed by atoms with Crippen molar-refractivity contribution in [2.45, 2.75) is 11.8 Å². The smallest absolute Gasteiger partial charge is 0.306 e. The molecule has 1 N–H and O–H groups in total. The maximum atomic E-state index is 12.4. The van der Waals surface area contributed by atoms with E-state index in [1.807, 2.05) is 6.07 Å². The molecular formula is C13H13ClN2O4S. The lowest BCUT2D eigenvalue weighted by Gasteiger charge is -2.40. The van der Waals surface area contributed by atoms with Gasteiger partial charge >= 0.3 is 5.97 Å². The molecule has 0 saturated carbocycles. The fourth-order valence-electron chi connectivity index (χ4n) is 2.09. The van der Waals surface area contributed by atoms with Gasteiger partial charge in [-0.05, 0) is 24.1 Å². The van der Waals surface area contributed by atoms with E-state index in [9.17, 15) is 13.2 Å². The zero-order valence-corrected chi connectivity index (χ0v) is 12.7. The van der Waals surface area contributed by atoms with E-state index in [-0.39, 0.29) is 34.5 Å². The van der Waals surface area contributed by atoms with Gasteiger partial charge in [0, 0.05) is 13.1 Å². The summed E-state index contributed by atoms with van der Waals surface area (Å²) in [7, 11) is -3.80. The Morgan fingerprint density at radius 1 is 1.52 bits per heavy atom. The van der Waals surface area contributed by atoms with Crippen LogP contribution >= 0.6 is 11.6 Å². The van der Waals surface area contributed by atoms with Gasteiger partial charge in [-0.15, -0.1) is 0 Å². The van der Waals surface area contributed by atoms with Crippen molar-refractivity contribution in [3.63, 3.8) is 0 Å². The van der Waals surface area contributed by atoms with Gasteiger partial charge < -0.3 is 5.11 Å². The summed E-state index contributed by atoms with van der Waals surface area (Å²) in [6, 6.07) is 5.89. The van der Waals surface area contributed by atoms with E-state index >= 15 is 0 Å². The van der Waals surface area contributed by atoms with Crippen molar-refractivity contribution in [3.05, 3.63) is 28.8 Å². The molecule has 1 heterocycles. The lowest BCUT2D eigenvalue weighted by Crippen LogP contribution is -2.53. The van der Waals surface area contributed by atoms with Gasteiger partial charge in [-0.2, -0.15) is 9.57 Å². The maximum absolute atomic E-state index is 12.4. The monoisotopic (exact) mass is 328 g/mol. The second kappa shape index (κ2) is 5.64. The molecule has 1 aliphatic rings. The molecule has 1 saturated heterocycles. The van der Waals surface area contributed by atoms with Crippen LogP contribution in [0.15, 0.2) is 23.1 Å². The molecule has 1 atom stereocenters. The van der Waals surface area contributed by atoms with E-state index in [0.29, 0.717) is 0 Å². The highest BCUT2D eigenvalue weighted by Gasteiger charge is 2.41. The molecule has 0 bridgehead atoms. The van der Waals surface area contributed by atoms with Crippen molar-refractivity contribution in [3.8, 4) is 6.07 Å². The zero-order valence-electron chi connectivity index (χ0n) is 11.2. The Morgan fingerprint density at radius 3 is 2.67 bits per heavy atom. The van der Waals surface area contributed by atoms with Gasteiger partial charge in [0.2, 0.25) is 10.0 Å². The topological polar surface area (TPSA) is 98.5 Å². The molecule has 21 heavy (non-hydrogen) atoms. The number of hydrogen-bond donors (Lipinski definition) is 1. The van der Waals surface area contributed by atoms with Gasteiger partial charge in [-0.1, -0.05) is 18.5 Å². The molecule has 0 spiro atoms. The third kappa shape index (κ3) is 2.88. The molecule has 1 aliphatic heterocycles. The van der Waals surface area contributed by atoms with Crippen molar-refractivity contribution < 1.29 is 18.3 Å². The summed E-state index contributed by atoms with van der Waals surface area (Å²) in [5.41, 5.74) is 0.203. The van der Waals surface area contributed by atoms with Gasteiger partial charge in [0.15, 0.2) is 0 Å². The lowest BCUT2D eigenvalue weighted by molar-refractivity contribution is -0.144. The second-order valence-corrected chi connectivity index (χ2v) is 7.28. The average Bonchev–Trinajstić information content (AvgIpc) is 2.36. The minimum absolute atomic E-state index is 0.0451. The summed E-state index contributed by atoms with van der Waals surface area (Å²) in [6.07, 6.45) is 0. The number of rotatable bonds is 4. The van der Waals surface area contributed by atoms with E-state index in [0.717, 1.165) is 0 Å². The van der Waals surface area contributed by atoms with E-state index < -0.39 is 21.9 Å². The Morgan fingerprint density at radius 2 is 2.14 bits per heavy atom. The van der Waals surface area contributed by atoms with Crippen LogP contribution in [0.2, 0.25) is 5.02 Å². The molecule has 112 valence electrons. The largest absolute Gasteiger partial charge is 0.481 e. The van der Waals surface area contributed by atoms with Crippen LogP contribution in [0.1, 0.15) is 12.5 Å². The second-order valence-electron chi connectivity index (χ2n) is 4.97. The molecule has 8 heteroatoms. The maximum Gasteiger partial charge on any atom is 0.306 e. The number of sulfonamides is 1. The Labute approximate surface area is 127 Å². The van der Waals surface area contributed by atoms with Crippen LogP contribution in [0.3, 0.4) is 0 Å². The quantitative estimate of drug-likeness (QED) is 0.904. The summed E-state index contributed by atoms with van der Waals surface area (Å²) < 4.78 is 26.0. The minimum atomic E-state index is -3.80. The number of carbonyl (C=O) groups is 1. The zero-order chi connectivity index (χ0) is 15.8. The Balaban J connectivity index is 2.22. The van der Waals surface area contributed by atoms with Crippen molar-refractivity contribution in [2.24, 2.45) is 11.8 Å². The van der Waals surface area contributed by atoms with Crippen molar-refractivity contribution in [1.29, 1.82) is 5.26 Å². The molecule has 6 nitrogen and oxygen atoms in total. The number of hydrogen-bond acceptors (Lipinski definition) is 4. The highest BCUT2D eigenvalue weighted by atomic mass is 35.5. The molecular weight excluding hydrogens is 316 g/mol.